The van der Waals surface area contributed by atoms with Gasteiger partial charge in [0, 0.05) is 5.41 Å². The maximum absolute atomic E-state index is 11.5. The second-order valence-electron chi connectivity index (χ2n) is 11.9. The van der Waals surface area contributed by atoms with Gasteiger partial charge in [0.05, 0.1) is 0 Å². The molecule has 1 nitrogen and oxygen atoms in total. The third-order valence-corrected chi connectivity index (χ3v) is 8.67. The van der Waals surface area contributed by atoms with Gasteiger partial charge >= 0.3 is 0 Å². The molecule has 2 unspecified atom stereocenters. The van der Waals surface area contributed by atoms with Crippen molar-refractivity contribution in [3.05, 3.63) is 77.9 Å². The first kappa shape index (κ1) is 19.8. The van der Waals surface area contributed by atoms with Crippen LogP contribution in [0, 0.1) is 28.6 Å². The topological polar surface area (TPSA) is 17.1 Å². The molecule has 4 fully saturated rings. The van der Waals surface area contributed by atoms with Gasteiger partial charge in [-0.25, -0.2) is 0 Å². The molecule has 32 heavy (non-hydrogen) atoms. The Morgan fingerprint density at radius 3 is 1.81 bits per heavy atom. The lowest BCUT2D eigenvalue weighted by molar-refractivity contribution is -0.136. The van der Waals surface area contributed by atoms with E-state index in [-0.39, 0.29) is 16.6 Å². The molecular formula is C31H30O. The van der Waals surface area contributed by atoms with Gasteiger partial charge in [-0.3, -0.25) is 4.79 Å². The van der Waals surface area contributed by atoms with Crippen LogP contribution >= 0.6 is 0 Å². The summed E-state index contributed by atoms with van der Waals surface area (Å²) in [5.74, 6) is 3.36. The van der Waals surface area contributed by atoms with Crippen molar-refractivity contribution in [2.75, 3.05) is 0 Å². The minimum absolute atomic E-state index is 0.0682. The molecule has 0 radical (unpaired) electrons. The molecule has 4 saturated carbocycles. The molecule has 0 amide bonds. The summed E-state index contributed by atoms with van der Waals surface area (Å²) in [6.45, 7) is 4.98. The number of hydrogen-bond donors (Lipinski definition) is 0. The molecular weight excluding hydrogens is 388 g/mol. The maximum Gasteiger partial charge on any atom is 0.179 e. The van der Waals surface area contributed by atoms with Crippen LogP contribution in [0.5, 0.6) is 0 Å². The highest BCUT2D eigenvalue weighted by molar-refractivity contribution is 6.11. The molecule has 0 heterocycles. The van der Waals surface area contributed by atoms with Crippen LogP contribution < -0.4 is 0 Å². The molecule has 0 aliphatic heterocycles. The SMILES string of the molecule is C#CC12CC3(C)CC(C)(C1)CC(c1ccc(-c4ccc(C5=CC(=O)C=C5)cc4)cc1)(C3)C2. The maximum atomic E-state index is 11.5. The first-order valence-electron chi connectivity index (χ1n) is 11.9. The van der Waals surface area contributed by atoms with E-state index >= 15 is 0 Å². The van der Waals surface area contributed by atoms with Crippen molar-refractivity contribution in [2.45, 2.75) is 57.8 Å². The zero-order valence-corrected chi connectivity index (χ0v) is 19.1. The average molecular weight is 419 g/mol. The molecule has 0 spiro atoms. The van der Waals surface area contributed by atoms with E-state index in [1.54, 1.807) is 12.2 Å². The Labute approximate surface area is 191 Å². The number of rotatable bonds is 3. The fraction of sp³-hybridized carbons (Fsp3) is 0.387. The normalized spacial score (nSPS) is 36.9. The van der Waals surface area contributed by atoms with E-state index in [0.717, 1.165) is 17.6 Å². The molecule has 1 heteroatoms. The lowest BCUT2D eigenvalue weighted by atomic mass is 9.35. The van der Waals surface area contributed by atoms with E-state index in [0.29, 0.717) is 10.8 Å². The molecule has 2 atom stereocenters. The Morgan fingerprint density at radius 2 is 1.28 bits per heavy atom. The van der Waals surface area contributed by atoms with Gasteiger partial charge in [-0.15, -0.1) is 6.42 Å². The van der Waals surface area contributed by atoms with Crippen LogP contribution in [0.3, 0.4) is 0 Å². The van der Waals surface area contributed by atoms with Gasteiger partial charge in [0.15, 0.2) is 5.78 Å². The van der Waals surface area contributed by atoms with Gasteiger partial charge in [0.2, 0.25) is 0 Å². The van der Waals surface area contributed by atoms with E-state index in [2.05, 4.69) is 68.3 Å². The van der Waals surface area contributed by atoms with Crippen molar-refractivity contribution in [1.29, 1.82) is 0 Å². The number of ketones is 1. The summed E-state index contributed by atoms with van der Waals surface area (Å²) >= 11 is 0. The molecule has 2 aromatic carbocycles. The van der Waals surface area contributed by atoms with Crippen LogP contribution in [0.2, 0.25) is 0 Å². The molecule has 0 aromatic heterocycles. The van der Waals surface area contributed by atoms with Crippen LogP contribution in [0.15, 0.2) is 66.8 Å². The van der Waals surface area contributed by atoms with Crippen LogP contribution in [-0.4, -0.2) is 5.78 Å². The van der Waals surface area contributed by atoms with E-state index in [4.69, 9.17) is 6.42 Å². The van der Waals surface area contributed by atoms with Gasteiger partial charge in [-0.2, -0.15) is 0 Å². The fourth-order valence-corrected chi connectivity index (χ4v) is 8.63. The highest BCUT2D eigenvalue weighted by Crippen LogP contribution is 2.73. The average Bonchev–Trinajstić information content (AvgIpc) is 3.18. The van der Waals surface area contributed by atoms with Crippen molar-refractivity contribution in [2.24, 2.45) is 16.2 Å². The van der Waals surface area contributed by atoms with Gasteiger partial charge in [-0.05, 0) is 94.7 Å². The second-order valence-corrected chi connectivity index (χ2v) is 11.9. The monoisotopic (exact) mass is 418 g/mol. The van der Waals surface area contributed by atoms with Gasteiger partial charge in [0.25, 0.3) is 0 Å². The molecule has 0 saturated heterocycles. The van der Waals surface area contributed by atoms with Crippen molar-refractivity contribution in [1.82, 2.24) is 0 Å². The highest BCUT2D eigenvalue weighted by Gasteiger charge is 2.65. The largest absolute Gasteiger partial charge is 0.290 e. The molecule has 5 aliphatic carbocycles. The lowest BCUT2D eigenvalue weighted by Crippen LogP contribution is -2.60. The highest BCUT2D eigenvalue weighted by atomic mass is 16.1. The summed E-state index contributed by atoms with van der Waals surface area (Å²) in [4.78, 5) is 11.5. The molecule has 2 aromatic rings. The van der Waals surface area contributed by atoms with Crippen molar-refractivity contribution >= 4 is 11.4 Å². The Hall–Kier alpha value is -2.85. The number of carbonyl (C=O) groups excluding carboxylic acids is 1. The molecule has 7 rings (SSSR count). The zero-order chi connectivity index (χ0) is 22.2. The molecule has 0 N–H and O–H groups in total. The van der Waals surface area contributed by atoms with Crippen molar-refractivity contribution in [3.8, 4) is 23.5 Å². The zero-order valence-electron chi connectivity index (χ0n) is 19.1. The molecule has 4 bridgehead atoms. The Morgan fingerprint density at radius 1 is 0.719 bits per heavy atom. The Kier molecular flexibility index (Phi) is 3.93. The lowest BCUT2D eigenvalue weighted by Gasteiger charge is -2.68. The van der Waals surface area contributed by atoms with Gasteiger partial charge in [-0.1, -0.05) is 74.4 Å². The third kappa shape index (κ3) is 2.96. The van der Waals surface area contributed by atoms with Crippen LogP contribution in [0.4, 0.5) is 0 Å². The Bertz CT molecular complexity index is 1200. The van der Waals surface area contributed by atoms with Crippen LogP contribution in [-0.2, 0) is 10.2 Å². The fourth-order valence-electron chi connectivity index (χ4n) is 8.63. The summed E-state index contributed by atoms with van der Waals surface area (Å²) < 4.78 is 0. The van der Waals surface area contributed by atoms with Gasteiger partial charge < -0.3 is 0 Å². The van der Waals surface area contributed by atoms with Gasteiger partial charge in [0.1, 0.15) is 0 Å². The number of terminal acetylenes is 1. The van der Waals surface area contributed by atoms with Crippen LogP contribution in [0.1, 0.15) is 63.5 Å². The van der Waals surface area contributed by atoms with E-state index in [1.807, 2.05) is 6.08 Å². The smallest absolute Gasteiger partial charge is 0.179 e. The minimum Gasteiger partial charge on any atom is -0.290 e. The molecule has 160 valence electrons. The predicted molar refractivity (Wildman–Crippen MR) is 131 cm³/mol. The van der Waals surface area contributed by atoms with Crippen LogP contribution in [0.25, 0.3) is 16.7 Å². The first-order valence-corrected chi connectivity index (χ1v) is 11.9. The van der Waals surface area contributed by atoms with E-state index < -0.39 is 0 Å². The van der Waals surface area contributed by atoms with E-state index in [1.165, 1.54) is 48.8 Å². The standard InChI is InChI=1S/C31H30O/c1-4-30-17-28(2)16-29(3,18-30)20-31(19-28,21-30)26-12-9-23(10-13-26)22-5-7-24(8-6-22)25-11-14-27(32)15-25/h1,5-15H,16-21H2,2-3H3. The number of benzene rings is 2. The number of allylic oxidation sites excluding steroid dienone is 4. The second kappa shape index (κ2) is 6.35. The summed E-state index contributed by atoms with van der Waals surface area (Å²) in [5, 5.41) is 0. The quantitative estimate of drug-likeness (QED) is 0.485. The number of carbonyl (C=O) groups is 1. The predicted octanol–water partition coefficient (Wildman–Crippen LogP) is 7.13. The number of hydrogen-bond acceptors (Lipinski definition) is 1. The summed E-state index contributed by atoms with van der Waals surface area (Å²) in [5.41, 5.74) is 7.04. The molecule has 5 aliphatic rings. The summed E-state index contributed by atoms with van der Waals surface area (Å²) in [7, 11) is 0. The summed E-state index contributed by atoms with van der Waals surface area (Å²) in [6.07, 6.45) is 18.8. The first-order chi connectivity index (χ1) is 15.2. The third-order valence-electron chi connectivity index (χ3n) is 8.67. The van der Waals surface area contributed by atoms with Crippen molar-refractivity contribution < 1.29 is 4.79 Å². The summed E-state index contributed by atoms with van der Waals surface area (Å²) in [6, 6.07) is 17.8. The van der Waals surface area contributed by atoms with Crippen molar-refractivity contribution in [3.63, 3.8) is 0 Å². The Balaban J connectivity index is 1.31. The van der Waals surface area contributed by atoms with E-state index in [9.17, 15) is 4.79 Å². The minimum atomic E-state index is 0.0682.